The molecule has 1 nitrogen and oxygen atoms in total. The molecule has 78 valence electrons. The highest BCUT2D eigenvalue weighted by Crippen LogP contribution is 2.18. The van der Waals surface area contributed by atoms with Crippen molar-refractivity contribution in [2.24, 2.45) is 0 Å². The maximum atomic E-state index is 12.9. The van der Waals surface area contributed by atoms with Crippen molar-refractivity contribution in [3.63, 3.8) is 0 Å². The van der Waals surface area contributed by atoms with E-state index in [2.05, 4.69) is 5.32 Å². The molecule has 0 aliphatic carbocycles. The standard InChI is InChI=1S/C11H15F2N/c1-3-11(14-4-2)8-5-9(12)7-10(13)6-8/h5-7,11,14H,3-4H2,1-2H3/t11-/m1/s1. The van der Waals surface area contributed by atoms with Crippen LogP contribution in [0, 0.1) is 11.6 Å². The Labute approximate surface area is 83.1 Å². The van der Waals surface area contributed by atoms with Crippen molar-refractivity contribution in [2.45, 2.75) is 26.3 Å². The van der Waals surface area contributed by atoms with Gasteiger partial charge in [0.1, 0.15) is 11.6 Å². The van der Waals surface area contributed by atoms with E-state index in [1.807, 2.05) is 13.8 Å². The van der Waals surface area contributed by atoms with Gasteiger partial charge in [0, 0.05) is 12.1 Å². The molecule has 14 heavy (non-hydrogen) atoms. The van der Waals surface area contributed by atoms with E-state index in [1.165, 1.54) is 12.1 Å². The van der Waals surface area contributed by atoms with E-state index in [0.29, 0.717) is 5.56 Å². The Bertz CT molecular complexity index is 279. The lowest BCUT2D eigenvalue weighted by Gasteiger charge is -2.16. The van der Waals surface area contributed by atoms with Gasteiger partial charge in [-0.1, -0.05) is 13.8 Å². The van der Waals surface area contributed by atoms with Crippen LogP contribution in [0.25, 0.3) is 0 Å². The molecule has 0 aliphatic heterocycles. The van der Waals surface area contributed by atoms with E-state index in [-0.39, 0.29) is 6.04 Å². The molecular weight excluding hydrogens is 184 g/mol. The predicted octanol–water partition coefficient (Wildman–Crippen LogP) is 3.03. The predicted molar refractivity (Wildman–Crippen MR) is 53.1 cm³/mol. The van der Waals surface area contributed by atoms with Gasteiger partial charge in [0.2, 0.25) is 0 Å². The first kappa shape index (κ1) is 11.1. The van der Waals surface area contributed by atoms with Crippen molar-refractivity contribution in [1.82, 2.24) is 5.32 Å². The van der Waals surface area contributed by atoms with Gasteiger partial charge < -0.3 is 5.32 Å². The molecule has 1 aromatic carbocycles. The first-order valence-electron chi connectivity index (χ1n) is 4.86. The van der Waals surface area contributed by atoms with Gasteiger partial charge in [0.25, 0.3) is 0 Å². The fourth-order valence-corrected chi connectivity index (χ4v) is 1.52. The summed E-state index contributed by atoms with van der Waals surface area (Å²) in [5.41, 5.74) is 0.673. The molecular formula is C11H15F2N. The van der Waals surface area contributed by atoms with Crippen molar-refractivity contribution in [2.75, 3.05) is 6.54 Å². The van der Waals surface area contributed by atoms with Crippen LogP contribution in [0.4, 0.5) is 8.78 Å². The largest absolute Gasteiger partial charge is 0.310 e. The molecule has 0 unspecified atom stereocenters. The van der Waals surface area contributed by atoms with E-state index in [9.17, 15) is 8.78 Å². The summed E-state index contributed by atoms with van der Waals surface area (Å²) in [4.78, 5) is 0. The monoisotopic (exact) mass is 199 g/mol. The van der Waals surface area contributed by atoms with Gasteiger partial charge in [0.05, 0.1) is 0 Å². The summed E-state index contributed by atoms with van der Waals surface area (Å²) in [5.74, 6) is -1.03. The van der Waals surface area contributed by atoms with Crippen molar-refractivity contribution < 1.29 is 8.78 Å². The van der Waals surface area contributed by atoms with Crippen LogP contribution in [0.3, 0.4) is 0 Å². The summed E-state index contributed by atoms with van der Waals surface area (Å²) >= 11 is 0. The van der Waals surface area contributed by atoms with E-state index in [1.54, 1.807) is 0 Å². The van der Waals surface area contributed by atoms with Crippen LogP contribution in [-0.4, -0.2) is 6.54 Å². The summed E-state index contributed by atoms with van der Waals surface area (Å²) in [7, 11) is 0. The molecule has 0 aliphatic rings. The topological polar surface area (TPSA) is 12.0 Å². The van der Waals surface area contributed by atoms with Crippen molar-refractivity contribution >= 4 is 0 Å². The van der Waals surface area contributed by atoms with Gasteiger partial charge in [-0.2, -0.15) is 0 Å². The van der Waals surface area contributed by atoms with Crippen LogP contribution in [-0.2, 0) is 0 Å². The Hall–Kier alpha value is -0.960. The summed E-state index contributed by atoms with van der Waals surface area (Å²) < 4.78 is 25.8. The van der Waals surface area contributed by atoms with Gasteiger partial charge in [0.15, 0.2) is 0 Å². The van der Waals surface area contributed by atoms with Gasteiger partial charge in [-0.3, -0.25) is 0 Å². The number of rotatable bonds is 4. The molecule has 0 aromatic heterocycles. The first-order valence-corrected chi connectivity index (χ1v) is 4.86. The highest BCUT2D eigenvalue weighted by atomic mass is 19.1. The summed E-state index contributed by atoms with van der Waals surface area (Å²) in [5, 5.41) is 3.17. The quantitative estimate of drug-likeness (QED) is 0.786. The summed E-state index contributed by atoms with van der Waals surface area (Å²) in [6.45, 7) is 4.74. The second kappa shape index (κ2) is 5.05. The fraction of sp³-hybridized carbons (Fsp3) is 0.455. The minimum atomic E-state index is -0.517. The van der Waals surface area contributed by atoms with Gasteiger partial charge in [-0.15, -0.1) is 0 Å². The van der Waals surface area contributed by atoms with Crippen molar-refractivity contribution in [3.05, 3.63) is 35.4 Å². The zero-order chi connectivity index (χ0) is 10.6. The molecule has 0 heterocycles. The van der Waals surface area contributed by atoms with E-state index >= 15 is 0 Å². The molecule has 3 heteroatoms. The molecule has 1 atom stereocenters. The van der Waals surface area contributed by atoms with Crippen molar-refractivity contribution in [3.8, 4) is 0 Å². The highest BCUT2D eigenvalue weighted by molar-refractivity contribution is 5.21. The number of halogens is 2. The van der Waals surface area contributed by atoms with Crippen LogP contribution in [0.2, 0.25) is 0 Å². The van der Waals surface area contributed by atoms with Crippen molar-refractivity contribution in [1.29, 1.82) is 0 Å². The molecule has 0 radical (unpaired) electrons. The van der Waals surface area contributed by atoms with Crippen LogP contribution < -0.4 is 5.32 Å². The number of hydrogen-bond acceptors (Lipinski definition) is 1. The Kier molecular flexibility index (Phi) is 4.01. The zero-order valence-corrected chi connectivity index (χ0v) is 8.48. The molecule has 1 N–H and O–H groups in total. The van der Waals surface area contributed by atoms with E-state index in [0.717, 1.165) is 19.0 Å². The van der Waals surface area contributed by atoms with E-state index < -0.39 is 11.6 Å². The molecule has 0 bridgehead atoms. The Balaban J connectivity index is 2.91. The lowest BCUT2D eigenvalue weighted by Crippen LogP contribution is -2.20. The highest BCUT2D eigenvalue weighted by Gasteiger charge is 2.09. The molecule has 0 saturated heterocycles. The van der Waals surface area contributed by atoms with Crippen LogP contribution in [0.5, 0.6) is 0 Å². The molecule has 0 fully saturated rings. The Morgan fingerprint density at radius 2 is 1.71 bits per heavy atom. The van der Waals surface area contributed by atoms with Crippen LogP contribution >= 0.6 is 0 Å². The SMILES string of the molecule is CCN[C@H](CC)c1cc(F)cc(F)c1. The minimum Gasteiger partial charge on any atom is -0.310 e. The number of hydrogen-bond donors (Lipinski definition) is 1. The second-order valence-electron chi connectivity index (χ2n) is 3.22. The Morgan fingerprint density at radius 3 is 2.14 bits per heavy atom. The normalized spacial score (nSPS) is 12.9. The van der Waals surface area contributed by atoms with Gasteiger partial charge >= 0.3 is 0 Å². The molecule has 1 rings (SSSR count). The third-order valence-electron chi connectivity index (χ3n) is 2.15. The maximum Gasteiger partial charge on any atom is 0.126 e. The number of nitrogens with one attached hydrogen (secondary N) is 1. The van der Waals surface area contributed by atoms with E-state index in [4.69, 9.17) is 0 Å². The smallest absolute Gasteiger partial charge is 0.126 e. The van der Waals surface area contributed by atoms with Gasteiger partial charge in [-0.05, 0) is 30.7 Å². The third-order valence-corrected chi connectivity index (χ3v) is 2.15. The lowest BCUT2D eigenvalue weighted by molar-refractivity contribution is 0.520. The summed E-state index contributed by atoms with van der Waals surface area (Å²) in [6, 6.07) is 3.67. The third kappa shape index (κ3) is 2.77. The average molecular weight is 199 g/mol. The lowest BCUT2D eigenvalue weighted by atomic mass is 10.0. The van der Waals surface area contributed by atoms with Gasteiger partial charge in [-0.25, -0.2) is 8.78 Å². The average Bonchev–Trinajstić information content (AvgIpc) is 2.12. The second-order valence-corrected chi connectivity index (χ2v) is 3.22. The molecule has 0 saturated carbocycles. The van der Waals surface area contributed by atoms with Crippen LogP contribution in [0.15, 0.2) is 18.2 Å². The maximum absolute atomic E-state index is 12.9. The number of benzene rings is 1. The summed E-state index contributed by atoms with van der Waals surface area (Å²) in [6.07, 6.45) is 0.816. The molecule has 1 aromatic rings. The Morgan fingerprint density at radius 1 is 1.14 bits per heavy atom. The van der Waals surface area contributed by atoms with Crippen LogP contribution in [0.1, 0.15) is 31.9 Å². The molecule has 0 amide bonds. The first-order chi connectivity index (χ1) is 6.67. The fourth-order valence-electron chi connectivity index (χ4n) is 1.52. The minimum absolute atomic E-state index is 0.0326. The zero-order valence-electron chi connectivity index (χ0n) is 8.48. The molecule has 0 spiro atoms.